The SMILES string of the molecule is O=C(CCSc1ccccc1)N(Cc1ccccn1)c1nc2ccc(Br)cc2s1. The molecule has 0 N–H and O–H groups in total. The Labute approximate surface area is 186 Å². The number of carbonyl (C=O) groups is 1. The van der Waals surface area contributed by atoms with E-state index >= 15 is 0 Å². The first-order chi connectivity index (χ1) is 14.2. The summed E-state index contributed by atoms with van der Waals surface area (Å²) in [4.78, 5) is 25.1. The molecule has 0 aliphatic heterocycles. The number of rotatable bonds is 7. The van der Waals surface area contributed by atoms with Gasteiger partial charge in [0.25, 0.3) is 0 Å². The molecule has 4 nitrogen and oxygen atoms in total. The molecule has 4 aromatic rings. The predicted molar refractivity (Wildman–Crippen MR) is 125 cm³/mol. The van der Waals surface area contributed by atoms with Gasteiger partial charge in [-0.05, 0) is 42.5 Å². The number of amides is 1. The molecule has 0 spiro atoms. The second kappa shape index (κ2) is 9.52. The van der Waals surface area contributed by atoms with Gasteiger partial charge in [-0.25, -0.2) is 4.98 Å². The Morgan fingerprint density at radius 2 is 1.90 bits per heavy atom. The van der Waals surface area contributed by atoms with Crippen LogP contribution in [0.25, 0.3) is 10.2 Å². The summed E-state index contributed by atoms with van der Waals surface area (Å²) in [7, 11) is 0. The Balaban J connectivity index is 1.54. The molecule has 1 amide bonds. The molecule has 0 atom stereocenters. The fourth-order valence-electron chi connectivity index (χ4n) is 2.83. The summed E-state index contributed by atoms with van der Waals surface area (Å²) in [6, 6.07) is 21.9. The van der Waals surface area contributed by atoms with Crippen LogP contribution in [0, 0.1) is 0 Å². The summed E-state index contributed by atoms with van der Waals surface area (Å²) < 4.78 is 2.05. The van der Waals surface area contributed by atoms with Crippen molar-refractivity contribution in [3.05, 3.63) is 83.1 Å². The molecule has 29 heavy (non-hydrogen) atoms. The fraction of sp³-hybridized carbons (Fsp3) is 0.136. The summed E-state index contributed by atoms with van der Waals surface area (Å²) in [5.74, 6) is 0.773. The molecule has 0 bridgehead atoms. The van der Waals surface area contributed by atoms with Gasteiger partial charge < -0.3 is 0 Å². The summed E-state index contributed by atoms with van der Waals surface area (Å²) in [5.41, 5.74) is 1.74. The number of thioether (sulfide) groups is 1. The standard InChI is InChI=1S/C22H18BrN3OS2/c23-16-9-10-19-20(14-16)29-22(25-19)26(15-17-6-4-5-12-24-17)21(27)11-13-28-18-7-2-1-3-8-18/h1-10,12,14H,11,13,15H2. The van der Waals surface area contributed by atoms with E-state index in [-0.39, 0.29) is 5.91 Å². The minimum atomic E-state index is 0.0530. The number of halogens is 1. The number of aromatic nitrogens is 2. The van der Waals surface area contributed by atoms with Crippen LogP contribution < -0.4 is 4.90 Å². The molecule has 0 saturated heterocycles. The van der Waals surface area contributed by atoms with Crippen LogP contribution in [0.1, 0.15) is 12.1 Å². The molecule has 7 heteroatoms. The summed E-state index contributed by atoms with van der Waals surface area (Å²) in [5, 5.41) is 0.707. The topological polar surface area (TPSA) is 46.1 Å². The van der Waals surface area contributed by atoms with Crippen molar-refractivity contribution < 1.29 is 4.79 Å². The van der Waals surface area contributed by atoms with Gasteiger partial charge in [0.05, 0.1) is 22.5 Å². The molecule has 0 fully saturated rings. The van der Waals surface area contributed by atoms with E-state index in [4.69, 9.17) is 4.98 Å². The Morgan fingerprint density at radius 3 is 2.69 bits per heavy atom. The molecule has 0 unspecified atom stereocenters. The molecule has 0 saturated carbocycles. The van der Waals surface area contributed by atoms with Gasteiger partial charge >= 0.3 is 0 Å². The lowest BCUT2D eigenvalue weighted by Crippen LogP contribution is -2.30. The van der Waals surface area contributed by atoms with Crippen LogP contribution in [-0.4, -0.2) is 21.6 Å². The van der Waals surface area contributed by atoms with Crippen molar-refractivity contribution in [2.24, 2.45) is 0 Å². The van der Waals surface area contributed by atoms with E-state index in [1.165, 1.54) is 16.2 Å². The first-order valence-corrected chi connectivity index (χ1v) is 11.7. The lowest BCUT2D eigenvalue weighted by molar-refractivity contribution is -0.118. The normalized spacial score (nSPS) is 10.9. The molecule has 2 aromatic carbocycles. The monoisotopic (exact) mass is 483 g/mol. The fourth-order valence-corrected chi connectivity index (χ4v) is 5.22. The molecule has 0 aliphatic rings. The highest BCUT2D eigenvalue weighted by molar-refractivity contribution is 9.10. The van der Waals surface area contributed by atoms with Gasteiger partial charge in [0.15, 0.2) is 5.13 Å². The van der Waals surface area contributed by atoms with E-state index in [1.807, 2.05) is 54.6 Å². The Hall–Kier alpha value is -2.22. The highest BCUT2D eigenvalue weighted by atomic mass is 79.9. The molecule has 4 rings (SSSR count). The average molecular weight is 484 g/mol. The first-order valence-electron chi connectivity index (χ1n) is 9.13. The maximum absolute atomic E-state index is 13.1. The quantitative estimate of drug-likeness (QED) is 0.295. The zero-order valence-electron chi connectivity index (χ0n) is 15.5. The van der Waals surface area contributed by atoms with Gasteiger partial charge in [-0.15, -0.1) is 11.8 Å². The van der Waals surface area contributed by atoms with Crippen LogP contribution in [0.4, 0.5) is 5.13 Å². The average Bonchev–Trinajstić information content (AvgIpc) is 3.16. The molecule has 0 aliphatic carbocycles. The van der Waals surface area contributed by atoms with Crippen molar-refractivity contribution >= 4 is 60.3 Å². The van der Waals surface area contributed by atoms with Gasteiger partial charge in [-0.3, -0.25) is 14.7 Å². The Kier molecular flexibility index (Phi) is 6.59. The number of fused-ring (bicyclic) bond motifs is 1. The first kappa shape index (κ1) is 20.1. The maximum Gasteiger partial charge on any atom is 0.229 e. The molecule has 2 aromatic heterocycles. The van der Waals surface area contributed by atoms with Crippen molar-refractivity contribution in [2.45, 2.75) is 17.9 Å². The van der Waals surface area contributed by atoms with E-state index in [9.17, 15) is 4.79 Å². The number of pyridine rings is 1. The van der Waals surface area contributed by atoms with E-state index < -0.39 is 0 Å². The third-order valence-corrected chi connectivity index (χ3v) is 6.79. The second-order valence-corrected chi connectivity index (χ2v) is 9.41. The Morgan fingerprint density at radius 1 is 1.07 bits per heavy atom. The second-order valence-electron chi connectivity index (χ2n) is 6.32. The molecule has 2 heterocycles. The third kappa shape index (κ3) is 5.23. The van der Waals surface area contributed by atoms with Crippen molar-refractivity contribution in [3.8, 4) is 0 Å². The zero-order valence-corrected chi connectivity index (χ0v) is 18.7. The number of nitrogens with zero attached hydrogens (tertiary/aromatic N) is 3. The van der Waals surface area contributed by atoms with E-state index in [2.05, 4.69) is 33.0 Å². The van der Waals surface area contributed by atoms with Gasteiger partial charge in [0.2, 0.25) is 5.91 Å². The number of anilines is 1. The van der Waals surface area contributed by atoms with Gasteiger partial charge in [0.1, 0.15) is 0 Å². The van der Waals surface area contributed by atoms with E-state index in [0.717, 1.165) is 26.1 Å². The number of hydrogen-bond donors (Lipinski definition) is 0. The highest BCUT2D eigenvalue weighted by Gasteiger charge is 2.20. The van der Waals surface area contributed by atoms with Gasteiger partial charge in [-0.1, -0.05) is 51.5 Å². The minimum absolute atomic E-state index is 0.0530. The number of thiazole rings is 1. The zero-order chi connectivity index (χ0) is 20.1. The maximum atomic E-state index is 13.1. The van der Waals surface area contributed by atoms with Crippen LogP contribution in [-0.2, 0) is 11.3 Å². The van der Waals surface area contributed by atoms with Gasteiger partial charge in [-0.2, -0.15) is 0 Å². The van der Waals surface area contributed by atoms with Crippen molar-refractivity contribution in [3.63, 3.8) is 0 Å². The number of carbonyl (C=O) groups excluding carboxylic acids is 1. The summed E-state index contributed by atoms with van der Waals surface area (Å²) >= 11 is 6.72. The van der Waals surface area contributed by atoms with E-state index in [1.54, 1.807) is 22.9 Å². The smallest absolute Gasteiger partial charge is 0.229 e. The molecule has 0 radical (unpaired) electrons. The van der Waals surface area contributed by atoms with Crippen molar-refractivity contribution in [2.75, 3.05) is 10.7 Å². The van der Waals surface area contributed by atoms with Gasteiger partial charge in [0, 0.05) is 27.7 Å². The molecule has 146 valence electrons. The van der Waals surface area contributed by atoms with Crippen molar-refractivity contribution in [1.29, 1.82) is 0 Å². The van der Waals surface area contributed by atoms with Crippen LogP contribution >= 0.6 is 39.0 Å². The Bertz CT molecular complexity index is 1100. The lowest BCUT2D eigenvalue weighted by atomic mass is 10.3. The van der Waals surface area contributed by atoms with Crippen LogP contribution in [0.5, 0.6) is 0 Å². The van der Waals surface area contributed by atoms with Crippen molar-refractivity contribution in [1.82, 2.24) is 9.97 Å². The van der Waals surface area contributed by atoms with Crippen LogP contribution in [0.2, 0.25) is 0 Å². The molecular weight excluding hydrogens is 466 g/mol. The predicted octanol–water partition coefficient (Wildman–Crippen LogP) is 6.17. The van der Waals surface area contributed by atoms with Crippen LogP contribution in [0.3, 0.4) is 0 Å². The molecular formula is C22H18BrN3OS2. The lowest BCUT2D eigenvalue weighted by Gasteiger charge is -2.19. The summed E-state index contributed by atoms with van der Waals surface area (Å²) in [6.07, 6.45) is 2.19. The number of hydrogen-bond acceptors (Lipinski definition) is 5. The number of benzene rings is 2. The largest absolute Gasteiger partial charge is 0.282 e. The van der Waals surface area contributed by atoms with E-state index in [0.29, 0.717) is 18.1 Å². The summed E-state index contributed by atoms with van der Waals surface area (Å²) in [6.45, 7) is 0.413. The third-order valence-electron chi connectivity index (χ3n) is 4.25. The minimum Gasteiger partial charge on any atom is -0.282 e. The van der Waals surface area contributed by atoms with Crippen LogP contribution in [0.15, 0.2) is 82.3 Å². The highest BCUT2D eigenvalue weighted by Crippen LogP contribution is 2.32.